The predicted octanol–water partition coefficient (Wildman–Crippen LogP) is 1.75. The van der Waals surface area contributed by atoms with E-state index < -0.39 is 0 Å². The molecule has 0 aromatic carbocycles. The van der Waals surface area contributed by atoms with Gasteiger partial charge in [0.1, 0.15) is 5.82 Å². The van der Waals surface area contributed by atoms with Crippen LogP contribution in [0.3, 0.4) is 0 Å². The van der Waals surface area contributed by atoms with Crippen LogP contribution in [-0.2, 0) is 6.54 Å². The number of aryl methyl sites for hydroxylation is 1. The highest BCUT2D eigenvalue weighted by Gasteiger charge is 2.10. The minimum atomic E-state index is 0.273. The topological polar surface area (TPSA) is 56.7 Å². The molecule has 80 valence electrons. The molecule has 2 aromatic heterocycles. The Hall–Kier alpha value is -1.65. The summed E-state index contributed by atoms with van der Waals surface area (Å²) in [4.78, 5) is 8.43. The third-order valence-corrected chi connectivity index (χ3v) is 2.21. The van der Waals surface area contributed by atoms with Gasteiger partial charge in [-0.1, -0.05) is 19.0 Å². The minimum Gasteiger partial charge on any atom is -0.339 e. The molecule has 0 aliphatic carbocycles. The highest BCUT2D eigenvalue weighted by Crippen LogP contribution is 2.11. The fraction of sp³-hybridized carbons (Fsp3) is 0.500. The first-order valence-corrected chi connectivity index (χ1v) is 4.97. The van der Waals surface area contributed by atoms with E-state index in [4.69, 9.17) is 4.52 Å². The normalized spacial score (nSPS) is 11.2. The van der Waals surface area contributed by atoms with E-state index in [-0.39, 0.29) is 5.92 Å². The molecule has 5 nitrogen and oxygen atoms in total. The Morgan fingerprint density at radius 2 is 2.27 bits per heavy atom. The second-order valence-corrected chi connectivity index (χ2v) is 3.81. The Morgan fingerprint density at radius 3 is 2.80 bits per heavy atom. The van der Waals surface area contributed by atoms with Crippen molar-refractivity contribution in [2.45, 2.75) is 33.2 Å². The summed E-state index contributed by atoms with van der Waals surface area (Å²) < 4.78 is 7.10. The van der Waals surface area contributed by atoms with E-state index in [1.165, 1.54) is 0 Å². The number of rotatable bonds is 3. The number of aromatic nitrogens is 4. The molecule has 0 aliphatic rings. The van der Waals surface area contributed by atoms with Gasteiger partial charge in [-0.2, -0.15) is 4.98 Å². The molecule has 2 heterocycles. The summed E-state index contributed by atoms with van der Waals surface area (Å²) in [6, 6.07) is 0. The molecule has 0 unspecified atom stereocenters. The molecule has 0 spiro atoms. The number of imidazole rings is 1. The van der Waals surface area contributed by atoms with Crippen LogP contribution in [0.2, 0.25) is 0 Å². The van der Waals surface area contributed by atoms with Gasteiger partial charge in [0.2, 0.25) is 5.89 Å². The maximum Gasteiger partial charge on any atom is 0.229 e. The highest BCUT2D eigenvalue weighted by atomic mass is 16.5. The van der Waals surface area contributed by atoms with E-state index in [0.29, 0.717) is 18.3 Å². The summed E-state index contributed by atoms with van der Waals surface area (Å²) >= 11 is 0. The van der Waals surface area contributed by atoms with Gasteiger partial charge < -0.3 is 9.09 Å². The summed E-state index contributed by atoms with van der Waals surface area (Å²) in [6.07, 6.45) is 3.67. The molecule has 0 N–H and O–H groups in total. The molecule has 0 aliphatic heterocycles. The molecule has 15 heavy (non-hydrogen) atoms. The smallest absolute Gasteiger partial charge is 0.229 e. The van der Waals surface area contributed by atoms with Crippen LogP contribution in [0.4, 0.5) is 0 Å². The lowest BCUT2D eigenvalue weighted by molar-refractivity contribution is 0.359. The van der Waals surface area contributed by atoms with Crippen molar-refractivity contribution in [1.82, 2.24) is 19.7 Å². The molecular weight excluding hydrogens is 192 g/mol. The molecule has 0 amide bonds. The van der Waals surface area contributed by atoms with Gasteiger partial charge in [-0.05, 0) is 6.92 Å². The van der Waals surface area contributed by atoms with E-state index in [2.05, 4.69) is 15.1 Å². The van der Waals surface area contributed by atoms with Gasteiger partial charge in [-0.25, -0.2) is 4.98 Å². The van der Waals surface area contributed by atoms with Crippen LogP contribution >= 0.6 is 0 Å². The van der Waals surface area contributed by atoms with Gasteiger partial charge in [0.15, 0.2) is 5.82 Å². The van der Waals surface area contributed by atoms with Crippen LogP contribution in [0.5, 0.6) is 0 Å². The summed E-state index contributed by atoms with van der Waals surface area (Å²) in [5, 5.41) is 3.92. The SMILES string of the molecule is Cc1nccn1Cc1noc(C(C)C)n1. The van der Waals surface area contributed by atoms with Crippen LogP contribution in [0.1, 0.15) is 37.3 Å². The third-order valence-electron chi connectivity index (χ3n) is 2.21. The first-order valence-electron chi connectivity index (χ1n) is 4.97. The van der Waals surface area contributed by atoms with Gasteiger partial charge >= 0.3 is 0 Å². The Balaban J connectivity index is 2.15. The van der Waals surface area contributed by atoms with Crippen molar-refractivity contribution in [2.75, 3.05) is 0 Å². The summed E-state index contributed by atoms with van der Waals surface area (Å²) in [5.41, 5.74) is 0. The van der Waals surface area contributed by atoms with Crippen molar-refractivity contribution in [2.24, 2.45) is 0 Å². The Bertz CT molecular complexity index is 444. The first-order chi connectivity index (χ1) is 7.16. The first kappa shape index (κ1) is 9.89. The van der Waals surface area contributed by atoms with Crippen molar-refractivity contribution in [1.29, 1.82) is 0 Å². The Kier molecular flexibility index (Phi) is 2.53. The van der Waals surface area contributed by atoms with E-state index >= 15 is 0 Å². The summed E-state index contributed by atoms with van der Waals surface area (Å²) in [5.74, 6) is 2.60. The zero-order valence-electron chi connectivity index (χ0n) is 9.14. The fourth-order valence-corrected chi connectivity index (χ4v) is 1.29. The fourth-order valence-electron chi connectivity index (χ4n) is 1.29. The van der Waals surface area contributed by atoms with Crippen molar-refractivity contribution in [3.63, 3.8) is 0 Å². The number of nitrogens with zero attached hydrogens (tertiary/aromatic N) is 4. The van der Waals surface area contributed by atoms with Crippen molar-refractivity contribution < 1.29 is 4.52 Å². The van der Waals surface area contributed by atoms with Crippen molar-refractivity contribution in [3.05, 3.63) is 29.9 Å². The van der Waals surface area contributed by atoms with Gasteiger partial charge in [0.25, 0.3) is 0 Å². The summed E-state index contributed by atoms with van der Waals surface area (Å²) in [7, 11) is 0. The third kappa shape index (κ3) is 2.06. The molecule has 2 aromatic rings. The Labute approximate surface area is 88.1 Å². The van der Waals surface area contributed by atoms with E-state index in [9.17, 15) is 0 Å². The zero-order valence-corrected chi connectivity index (χ0v) is 9.14. The average Bonchev–Trinajstić information content (AvgIpc) is 2.77. The molecule has 0 saturated heterocycles. The second-order valence-electron chi connectivity index (χ2n) is 3.81. The molecule has 5 heteroatoms. The van der Waals surface area contributed by atoms with Crippen LogP contribution in [-0.4, -0.2) is 19.7 Å². The summed E-state index contributed by atoms with van der Waals surface area (Å²) in [6.45, 7) is 6.62. The molecule has 0 bridgehead atoms. The lowest BCUT2D eigenvalue weighted by Crippen LogP contribution is -2.02. The molecule has 0 atom stereocenters. The van der Waals surface area contributed by atoms with Crippen molar-refractivity contribution in [3.8, 4) is 0 Å². The van der Waals surface area contributed by atoms with E-state index in [1.807, 2.05) is 31.5 Å². The zero-order chi connectivity index (χ0) is 10.8. The van der Waals surface area contributed by atoms with Crippen LogP contribution in [0.25, 0.3) is 0 Å². The highest BCUT2D eigenvalue weighted by molar-refractivity contribution is 4.96. The maximum atomic E-state index is 5.12. The minimum absolute atomic E-state index is 0.273. The number of hydrogen-bond acceptors (Lipinski definition) is 4. The average molecular weight is 206 g/mol. The van der Waals surface area contributed by atoms with Crippen LogP contribution < -0.4 is 0 Å². The molecule has 0 saturated carbocycles. The quantitative estimate of drug-likeness (QED) is 0.767. The lowest BCUT2D eigenvalue weighted by atomic mass is 10.2. The maximum absolute atomic E-state index is 5.12. The van der Waals surface area contributed by atoms with Crippen LogP contribution in [0, 0.1) is 6.92 Å². The van der Waals surface area contributed by atoms with Gasteiger partial charge in [0, 0.05) is 18.3 Å². The predicted molar refractivity (Wildman–Crippen MR) is 54.5 cm³/mol. The lowest BCUT2D eigenvalue weighted by Gasteiger charge is -1.99. The van der Waals surface area contributed by atoms with Crippen LogP contribution in [0.15, 0.2) is 16.9 Å². The monoisotopic (exact) mass is 206 g/mol. The van der Waals surface area contributed by atoms with E-state index in [1.54, 1.807) is 6.20 Å². The Morgan fingerprint density at radius 1 is 1.47 bits per heavy atom. The van der Waals surface area contributed by atoms with Gasteiger partial charge in [-0.3, -0.25) is 0 Å². The molecule has 2 rings (SSSR count). The number of hydrogen-bond donors (Lipinski definition) is 0. The molecular formula is C10H14N4O. The second kappa shape index (κ2) is 3.84. The standard InChI is InChI=1S/C10H14N4O/c1-7(2)10-12-9(13-15-10)6-14-5-4-11-8(14)3/h4-5,7H,6H2,1-3H3. The van der Waals surface area contributed by atoms with E-state index in [0.717, 1.165) is 5.82 Å². The molecule has 0 fully saturated rings. The molecule has 0 radical (unpaired) electrons. The van der Waals surface area contributed by atoms with Gasteiger partial charge in [-0.15, -0.1) is 0 Å². The largest absolute Gasteiger partial charge is 0.339 e. The van der Waals surface area contributed by atoms with Gasteiger partial charge in [0.05, 0.1) is 6.54 Å². The van der Waals surface area contributed by atoms with Crippen molar-refractivity contribution >= 4 is 0 Å².